The topological polar surface area (TPSA) is 37.3 Å². The molecule has 1 aromatic rings. The molecule has 0 saturated carbocycles. The van der Waals surface area contributed by atoms with Crippen molar-refractivity contribution in [1.82, 2.24) is 0 Å². The van der Waals surface area contributed by atoms with Gasteiger partial charge in [-0.15, -0.1) is 0 Å². The Labute approximate surface area is 90.3 Å². The van der Waals surface area contributed by atoms with Gasteiger partial charge in [-0.2, -0.15) is 0 Å². The van der Waals surface area contributed by atoms with Gasteiger partial charge in [-0.05, 0) is 24.0 Å². The number of carbonyl (C=O) groups is 1. The van der Waals surface area contributed by atoms with Gasteiger partial charge in [0.1, 0.15) is 0 Å². The van der Waals surface area contributed by atoms with Crippen LogP contribution < -0.4 is 0 Å². The second kappa shape index (κ2) is 4.78. The van der Waals surface area contributed by atoms with Crippen molar-refractivity contribution in [3.8, 4) is 0 Å². The van der Waals surface area contributed by atoms with E-state index < -0.39 is 5.97 Å². The van der Waals surface area contributed by atoms with Crippen molar-refractivity contribution in [2.75, 3.05) is 0 Å². The quantitative estimate of drug-likeness (QED) is 0.768. The second-order valence-corrected chi connectivity index (χ2v) is 3.86. The molecule has 0 spiro atoms. The first kappa shape index (κ1) is 11.5. The van der Waals surface area contributed by atoms with Crippen LogP contribution in [0.5, 0.6) is 0 Å². The van der Waals surface area contributed by atoms with Gasteiger partial charge >= 0.3 is 5.97 Å². The zero-order valence-corrected chi connectivity index (χ0v) is 9.32. The first-order chi connectivity index (χ1) is 7.04. The van der Waals surface area contributed by atoms with Crippen LogP contribution in [-0.4, -0.2) is 11.1 Å². The maximum absolute atomic E-state index is 11.0. The zero-order valence-electron chi connectivity index (χ0n) is 9.32. The molecule has 15 heavy (non-hydrogen) atoms. The molecule has 2 heteroatoms. The van der Waals surface area contributed by atoms with E-state index >= 15 is 0 Å². The summed E-state index contributed by atoms with van der Waals surface area (Å²) >= 11 is 0. The maximum Gasteiger partial charge on any atom is 0.331 e. The molecule has 0 bridgehead atoms. The van der Waals surface area contributed by atoms with E-state index in [0.29, 0.717) is 5.57 Å². The summed E-state index contributed by atoms with van der Waals surface area (Å²) in [6.45, 7) is 5.67. The molecule has 1 aromatic carbocycles. The van der Waals surface area contributed by atoms with Crippen LogP contribution in [0.1, 0.15) is 26.3 Å². The lowest BCUT2D eigenvalue weighted by atomic mass is 9.91. The summed E-state index contributed by atoms with van der Waals surface area (Å²) in [5.74, 6) is -0.633. The van der Waals surface area contributed by atoms with Gasteiger partial charge in [0, 0.05) is 5.57 Å². The molecule has 0 amide bonds. The predicted octanol–water partition coefficient (Wildman–Crippen LogP) is 3.20. The van der Waals surface area contributed by atoms with E-state index in [1.165, 1.54) is 0 Å². The van der Waals surface area contributed by atoms with Crippen LogP contribution in [0, 0.1) is 5.92 Å². The molecule has 0 aliphatic heterocycles. The van der Waals surface area contributed by atoms with E-state index in [2.05, 4.69) is 0 Å². The molecule has 0 saturated heterocycles. The molecule has 0 aliphatic carbocycles. The molecule has 0 heterocycles. The first-order valence-corrected chi connectivity index (χ1v) is 5.03. The minimum atomic E-state index is -0.845. The van der Waals surface area contributed by atoms with Crippen molar-refractivity contribution >= 4 is 11.5 Å². The molecule has 0 unspecified atom stereocenters. The molecular formula is C13H16O2. The summed E-state index contributed by atoms with van der Waals surface area (Å²) in [6, 6.07) is 9.67. The van der Waals surface area contributed by atoms with Crippen LogP contribution >= 0.6 is 0 Å². The maximum atomic E-state index is 11.0. The van der Waals surface area contributed by atoms with E-state index in [9.17, 15) is 4.79 Å². The lowest BCUT2D eigenvalue weighted by Crippen LogP contribution is -2.05. The highest BCUT2D eigenvalue weighted by Crippen LogP contribution is 2.26. The standard InChI is InChI=1S/C13H16O2/c1-9(2)12(10(3)13(14)15)11-7-5-4-6-8-11/h4-9H,1-3H3,(H,14,15). The number of rotatable bonds is 3. The fraction of sp³-hybridized carbons (Fsp3) is 0.308. The van der Waals surface area contributed by atoms with Gasteiger partial charge in [0.15, 0.2) is 0 Å². The van der Waals surface area contributed by atoms with Crippen molar-refractivity contribution in [3.05, 3.63) is 41.5 Å². The Morgan fingerprint density at radius 1 is 1.20 bits per heavy atom. The summed E-state index contributed by atoms with van der Waals surface area (Å²) in [6.07, 6.45) is 0. The van der Waals surface area contributed by atoms with Crippen LogP contribution in [0.25, 0.3) is 5.57 Å². The molecule has 0 atom stereocenters. The van der Waals surface area contributed by atoms with E-state index in [4.69, 9.17) is 5.11 Å². The van der Waals surface area contributed by atoms with Gasteiger partial charge in [0.2, 0.25) is 0 Å². The van der Waals surface area contributed by atoms with E-state index in [-0.39, 0.29) is 5.92 Å². The number of hydrogen-bond acceptors (Lipinski definition) is 1. The Morgan fingerprint density at radius 3 is 2.13 bits per heavy atom. The molecular weight excluding hydrogens is 188 g/mol. The zero-order chi connectivity index (χ0) is 11.4. The first-order valence-electron chi connectivity index (χ1n) is 5.03. The normalized spacial score (nSPS) is 12.5. The summed E-state index contributed by atoms with van der Waals surface area (Å²) in [7, 11) is 0. The highest BCUT2D eigenvalue weighted by molar-refractivity contribution is 5.96. The van der Waals surface area contributed by atoms with E-state index in [1.54, 1.807) is 6.92 Å². The van der Waals surface area contributed by atoms with Crippen LogP contribution in [0.2, 0.25) is 0 Å². The highest BCUT2D eigenvalue weighted by atomic mass is 16.4. The largest absolute Gasteiger partial charge is 0.478 e. The van der Waals surface area contributed by atoms with Crippen molar-refractivity contribution in [2.45, 2.75) is 20.8 Å². The second-order valence-electron chi connectivity index (χ2n) is 3.86. The van der Waals surface area contributed by atoms with Crippen molar-refractivity contribution in [3.63, 3.8) is 0 Å². The van der Waals surface area contributed by atoms with Gasteiger partial charge in [-0.3, -0.25) is 0 Å². The Morgan fingerprint density at radius 2 is 1.73 bits per heavy atom. The predicted molar refractivity (Wildman–Crippen MR) is 61.5 cm³/mol. The number of allylic oxidation sites excluding steroid dienone is 1. The van der Waals surface area contributed by atoms with Gasteiger partial charge in [-0.1, -0.05) is 44.2 Å². The van der Waals surface area contributed by atoms with Crippen LogP contribution in [0.15, 0.2) is 35.9 Å². The summed E-state index contributed by atoms with van der Waals surface area (Å²) in [5, 5.41) is 9.00. The smallest absolute Gasteiger partial charge is 0.331 e. The number of aliphatic carboxylic acids is 1. The summed E-state index contributed by atoms with van der Waals surface area (Å²) in [5.41, 5.74) is 2.33. The van der Waals surface area contributed by atoms with Gasteiger partial charge in [0.05, 0.1) is 0 Å². The van der Waals surface area contributed by atoms with Crippen molar-refractivity contribution in [1.29, 1.82) is 0 Å². The molecule has 1 N–H and O–H groups in total. The van der Waals surface area contributed by atoms with E-state index in [1.807, 2.05) is 44.2 Å². The number of carboxylic acid groups (broad SMARTS) is 1. The highest BCUT2D eigenvalue weighted by Gasteiger charge is 2.14. The monoisotopic (exact) mass is 204 g/mol. The third-order valence-corrected chi connectivity index (χ3v) is 2.39. The molecule has 0 aliphatic rings. The minimum absolute atomic E-state index is 0.212. The minimum Gasteiger partial charge on any atom is -0.478 e. The molecule has 0 aromatic heterocycles. The van der Waals surface area contributed by atoms with Gasteiger partial charge in [-0.25, -0.2) is 4.79 Å². The Kier molecular flexibility index (Phi) is 3.67. The van der Waals surface area contributed by atoms with Gasteiger partial charge in [0.25, 0.3) is 0 Å². The summed E-state index contributed by atoms with van der Waals surface area (Å²) < 4.78 is 0. The molecule has 80 valence electrons. The SMILES string of the molecule is CC(C(=O)O)=C(c1ccccc1)C(C)C. The van der Waals surface area contributed by atoms with Crippen LogP contribution in [-0.2, 0) is 4.79 Å². The molecule has 0 fully saturated rings. The Balaban J connectivity index is 3.27. The fourth-order valence-corrected chi connectivity index (χ4v) is 1.72. The number of hydrogen-bond donors (Lipinski definition) is 1. The average molecular weight is 204 g/mol. The number of carboxylic acids is 1. The van der Waals surface area contributed by atoms with Crippen LogP contribution in [0.4, 0.5) is 0 Å². The molecule has 1 rings (SSSR count). The lowest BCUT2D eigenvalue weighted by Gasteiger charge is -2.14. The van der Waals surface area contributed by atoms with Gasteiger partial charge < -0.3 is 5.11 Å². The molecule has 2 nitrogen and oxygen atoms in total. The van der Waals surface area contributed by atoms with Crippen molar-refractivity contribution in [2.24, 2.45) is 5.92 Å². The lowest BCUT2D eigenvalue weighted by molar-refractivity contribution is -0.132. The Bertz CT molecular complexity index is 375. The summed E-state index contributed by atoms with van der Waals surface area (Å²) in [4.78, 5) is 11.0. The van der Waals surface area contributed by atoms with E-state index in [0.717, 1.165) is 11.1 Å². The van der Waals surface area contributed by atoms with Crippen LogP contribution in [0.3, 0.4) is 0 Å². The third kappa shape index (κ3) is 2.69. The molecule has 0 radical (unpaired) electrons. The average Bonchev–Trinajstić information content (AvgIpc) is 2.18. The Hall–Kier alpha value is -1.57. The number of benzene rings is 1. The fourth-order valence-electron chi connectivity index (χ4n) is 1.72. The third-order valence-electron chi connectivity index (χ3n) is 2.39. The van der Waals surface area contributed by atoms with Crippen molar-refractivity contribution < 1.29 is 9.90 Å².